The van der Waals surface area contributed by atoms with Gasteiger partial charge in [0.1, 0.15) is 0 Å². The fraction of sp³-hybridized carbons (Fsp3) is 0.333. The second-order valence-corrected chi connectivity index (χ2v) is 7.44. The predicted octanol–water partition coefficient (Wildman–Crippen LogP) is 5.29. The van der Waals surface area contributed by atoms with Gasteiger partial charge in [-0.05, 0) is 43.0 Å². The number of hydrogen-bond donors (Lipinski definition) is 1. The molecule has 25 heavy (non-hydrogen) atoms. The van der Waals surface area contributed by atoms with E-state index in [4.69, 9.17) is 23.2 Å². The zero-order valence-corrected chi connectivity index (χ0v) is 15.8. The smallest absolute Gasteiger partial charge is 0.0943 e. The molecule has 132 valence electrons. The molecular formula is C21H23Cl2NO. The van der Waals surface area contributed by atoms with Crippen LogP contribution in [0.4, 0.5) is 0 Å². The van der Waals surface area contributed by atoms with E-state index in [1.165, 1.54) is 11.1 Å². The molecule has 4 heteroatoms. The number of halogens is 2. The minimum atomic E-state index is -0.584. The summed E-state index contributed by atoms with van der Waals surface area (Å²) in [6, 6.07) is 15.9. The summed E-state index contributed by atoms with van der Waals surface area (Å²) in [5, 5.41) is 11.7. The molecule has 1 aliphatic rings. The molecule has 0 aliphatic carbocycles. The van der Waals surface area contributed by atoms with Gasteiger partial charge in [0.05, 0.1) is 16.1 Å². The van der Waals surface area contributed by atoms with Crippen molar-refractivity contribution >= 4 is 23.2 Å². The van der Waals surface area contributed by atoms with Crippen molar-refractivity contribution in [3.8, 4) is 0 Å². The van der Waals surface area contributed by atoms with Gasteiger partial charge in [-0.25, -0.2) is 0 Å². The Kier molecular flexibility index (Phi) is 6.19. The molecule has 0 radical (unpaired) electrons. The van der Waals surface area contributed by atoms with Gasteiger partial charge in [0, 0.05) is 19.1 Å². The molecule has 0 bridgehead atoms. The van der Waals surface area contributed by atoms with E-state index in [0.29, 0.717) is 10.0 Å². The van der Waals surface area contributed by atoms with Crippen molar-refractivity contribution < 1.29 is 5.11 Å². The summed E-state index contributed by atoms with van der Waals surface area (Å²) in [6.07, 6.45) is 3.76. The third-order valence-electron chi connectivity index (χ3n) is 4.93. The average molecular weight is 376 g/mol. The van der Waals surface area contributed by atoms with E-state index in [1.807, 2.05) is 12.1 Å². The van der Waals surface area contributed by atoms with E-state index in [2.05, 4.69) is 42.2 Å². The van der Waals surface area contributed by atoms with Gasteiger partial charge in [0.25, 0.3) is 0 Å². The molecule has 2 aromatic rings. The molecule has 3 rings (SSSR count). The maximum atomic E-state index is 10.7. The molecule has 0 saturated carbocycles. The first-order valence-corrected chi connectivity index (χ1v) is 9.39. The Morgan fingerprint density at radius 1 is 1.08 bits per heavy atom. The van der Waals surface area contributed by atoms with Gasteiger partial charge in [-0.3, -0.25) is 4.90 Å². The summed E-state index contributed by atoms with van der Waals surface area (Å²) < 4.78 is 0. The maximum Gasteiger partial charge on any atom is 0.0943 e. The minimum Gasteiger partial charge on any atom is -0.387 e. The van der Waals surface area contributed by atoms with Crippen LogP contribution in [0.2, 0.25) is 10.0 Å². The lowest BCUT2D eigenvalue weighted by molar-refractivity contribution is 0.0623. The fourth-order valence-electron chi connectivity index (χ4n) is 3.29. The van der Waals surface area contributed by atoms with Gasteiger partial charge in [-0.2, -0.15) is 0 Å². The van der Waals surface area contributed by atoms with Crippen LogP contribution >= 0.6 is 23.2 Å². The Hall–Kier alpha value is -1.32. The van der Waals surface area contributed by atoms with Crippen LogP contribution in [0.3, 0.4) is 0 Å². The first-order chi connectivity index (χ1) is 12.0. The normalized spacial score (nSPS) is 17.8. The van der Waals surface area contributed by atoms with Crippen molar-refractivity contribution in [1.29, 1.82) is 0 Å². The summed E-state index contributed by atoms with van der Waals surface area (Å²) in [6.45, 7) is 3.88. The molecule has 0 saturated heterocycles. The Bertz CT molecular complexity index is 745. The average Bonchev–Trinajstić information content (AvgIpc) is 2.64. The molecule has 0 amide bonds. The standard InChI is InChI=1S/C21H23Cl2NO/c1-15(21(25)18-7-8-19(22)20(23)14-18)24-11-9-17(10-12-24)13-16-5-3-2-4-6-16/h2-9,14-15,21,25H,10-13H2,1H3/t15-,21-/m1/s1. The van der Waals surface area contributed by atoms with Crippen LogP contribution in [0.1, 0.15) is 30.6 Å². The third kappa shape index (κ3) is 4.65. The van der Waals surface area contributed by atoms with Crippen molar-refractivity contribution in [1.82, 2.24) is 4.90 Å². The maximum absolute atomic E-state index is 10.7. The molecular weight excluding hydrogens is 353 g/mol. The van der Waals surface area contributed by atoms with Gasteiger partial charge in [0.2, 0.25) is 0 Å². The number of nitrogens with zero attached hydrogens (tertiary/aromatic N) is 1. The summed E-state index contributed by atoms with van der Waals surface area (Å²) >= 11 is 12.0. The Labute approximate surface area is 159 Å². The predicted molar refractivity (Wildman–Crippen MR) is 105 cm³/mol. The summed E-state index contributed by atoms with van der Waals surface area (Å²) in [7, 11) is 0. The largest absolute Gasteiger partial charge is 0.387 e. The molecule has 2 atom stereocenters. The quantitative estimate of drug-likeness (QED) is 0.717. The molecule has 1 heterocycles. The van der Waals surface area contributed by atoms with Crippen LogP contribution < -0.4 is 0 Å². The van der Waals surface area contributed by atoms with Crippen LogP contribution in [0.5, 0.6) is 0 Å². The molecule has 2 aromatic carbocycles. The monoisotopic (exact) mass is 375 g/mol. The van der Waals surface area contributed by atoms with Crippen LogP contribution in [0.15, 0.2) is 60.2 Å². The number of benzene rings is 2. The summed E-state index contributed by atoms with van der Waals surface area (Å²) in [4.78, 5) is 2.31. The zero-order valence-electron chi connectivity index (χ0n) is 14.3. The molecule has 0 aromatic heterocycles. The van der Waals surface area contributed by atoms with E-state index < -0.39 is 6.10 Å². The van der Waals surface area contributed by atoms with E-state index in [0.717, 1.165) is 31.5 Å². The van der Waals surface area contributed by atoms with Crippen LogP contribution in [-0.2, 0) is 6.42 Å². The number of rotatable bonds is 5. The molecule has 0 fully saturated rings. The van der Waals surface area contributed by atoms with Crippen molar-refractivity contribution in [3.05, 3.63) is 81.4 Å². The van der Waals surface area contributed by atoms with Crippen molar-refractivity contribution in [2.24, 2.45) is 0 Å². The van der Waals surface area contributed by atoms with Gasteiger partial charge < -0.3 is 5.11 Å². The van der Waals surface area contributed by atoms with Crippen molar-refractivity contribution in [2.45, 2.75) is 31.9 Å². The molecule has 2 nitrogen and oxygen atoms in total. The van der Waals surface area contributed by atoms with Gasteiger partial charge in [0.15, 0.2) is 0 Å². The third-order valence-corrected chi connectivity index (χ3v) is 5.67. The van der Waals surface area contributed by atoms with Crippen LogP contribution in [-0.4, -0.2) is 29.1 Å². The van der Waals surface area contributed by atoms with E-state index >= 15 is 0 Å². The number of hydrogen-bond acceptors (Lipinski definition) is 2. The second-order valence-electron chi connectivity index (χ2n) is 6.63. The fourth-order valence-corrected chi connectivity index (χ4v) is 3.60. The Balaban J connectivity index is 1.62. The van der Waals surface area contributed by atoms with Crippen molar-refractivity contribution in [2.75, 3.05) is 13.1 Å². The van der Waals surface area contributed by atoms with E-state index in [-0.39, 0.29) is 6.04 Å². The van der Waals surface area contributed by atoms with Gasteiger partial charge in [-0.1, -0.05) is 71.2 Å². The lowest BCUT2D eigenvalue weighted by Gasteiger charge is -2.34. The first kappa shape index (κ1) is 18.5. The lowest BCUT2D eigenvalue weighted by Crippen LogP contribution is -2.40. The van der Waals surface area contributed by atoms with Crippen molar-refractivity contribution in [3.63, 3.8) is 0 Å². The Morgan fingerprint density at radius 3 is 2.48 bits per heavy atom. The SMILES string of the molecule is C[C@H]([C@@H](O)c1ccc(Cl)c(Cl)c1)N1CC=C(Cc2ccccc2)CC1. The van der Waals surface area contributed by atoms with E-state index in [1.54, 1.807) is 12.1 Å². The topological polar surface area (TPSA) is 23.5 Å². The highest BCUT2D eigenvalue weighted by Gasteiger charge is 2.25. The highest BCUT2D eigenvalue weighted by atomic mass is 35.5. The van der Waals surface area contributed by atoms with Gasteiger partial charge >= 0.3 is 0 Å². The second kappa shape index (κ2) is 8.37. The zero-order chi connectivity index (χ0) is 17.8. The first-order valence-electron chi connectivity index (χ1n) is 8.63. The Morgan fingerprint density at radius 2 is 1.84 bits per heavy atom. The number of aliphatic hydroxyl groups is 1. The van der Waals surface area contributed by atoms with Crippen LogP contribution in [0, 0.1) is 0 Å². The molecule has 1 aliphatic heterocycles. The van der Waals surface area contributed by atoms with Gasteiger partial charge in [-0.15, -0.1) is 0 Å². The number of aliphatic hydroxyl groups excluding tert-OH is 1. The summed E-state index contributed by atoms with van der Waals surface area (Å²) in [5.41, 5.74) is 3.63. The highest BCUT2D eigenvalue weighted by Crippen LogP contribution is 2.29. The lowest BCUT2D eigenvalue weighted by atomic mass is 9.96. The van der Waals surface area contributed by atoms with Crippen LogP contribution in [0.25, 0.3) is 0 Å². The minimum absolute atomic E-state index is 0.0202. The molecule has 0 spiro atoms. The molecule has 0 unspecified atom stereocenters. The summed E-state index contributed by atoms with van der Waals surface area (Å²) in [5.74, 6) is 0. The highest BCUT2D eigenvalue weighted by molar-refractivity contribution is 6.42. The van der Waals surface area contributed by atoms with E-state index in [9.17, 15) is 5.11 Å². The molecule has 1 N–H and O–H groups in total.